The first-order chi connectivity index (χ1) is 8.16. The molecule has 0 spiro atoms. The summed E-state index contributed by atoms with van der Waals surface area (Å²) in [5.41, 5.74) is 3.60. The highest BCUT2D eigenvalue weighted by Crippen LogP contribution is 2.23. The molecule has 17 heavy (non-hydrogen) atoms. The molecule has 1 N–H and O–H groups in total. The molecule has 3 heteroatoms. The second-order valence-electron chi connectivity index (χ2n) is 3.90. The van der Waals surface area contributed by atoms with Gasteiger partial charge in [-0.25, -0.2) is 0 Å². The molecule has 0 aromatic heterocycles. The van der Waals surface area contributed by atoms with Crippen LogP contribution in [0.2, 0.25) is 5.02 Å². The molecular weight excluding hydrogens is 298 g/mol. The van der Waals surface area contributed by atoms with Gasteiger partial charge in [0, 0.05) is 21.7 Å². The van der Waals surface area contributed by atoms with Crippen molar-refractivity contribution in [2.75, 3.05) is 5.32 Å². The minimum atomic E-state index is 0.747. The van der Waals surface area contributed by atoms with Crippen LogP contribution in [0.5, 0.6) is 0 Å². The lowest BCUT2D eigenvalue weighted by Gasteiger charge is -2.10. The molecule has 0 unspecified atom stereocenters. The summed E-state index contributed by atoms with van der Waals surface area (Å²) in [5.74, 6) is 0. The number of nitrogens with one attached hydrogen (secondary N) is 1. The monoisotopic (exact) mass is 309 g/mol. The van der Waals surface area contributed by atoms with Crippen LogP contribution in [-0.4, -0.2) is 0 Å². The van der Waals surface area contributed by atoms with E-state index in [2.05, 4.69) is 40.3 Å². The van der Waals surface area contributed by atoms with Crippen molar-refractivity contribution in [3.8, 4) is 0 Å². The van der Waals surface area contributed by atoms with Gasteiger partial charge in [0.05, 0.1) is 0 Å². The van der Waals surface area contributed by atoms with E-state index in [4.69, 9.17) is 11.6 Å². The average molecular weight is 311 g/mol. The van der Waals surface area contributed by atoms with E-state index >= 15 is 0 Å². The summed E-state index contributed by atoms with van der Waals surface area (Å²) in [7, 11) is 0. The summed E-state index contributed by atoms with van der Waals surface area (Å²) in [6.07, 6.45) is 0. The zero-order valence-electron chi connectivity index (χ0n) is 9.50. The van der Waals surface area contributed by atoms with Crippen molar-refractivity contribution in [2.45, 2.75) is 13.5 Å². The summed E-state index contributed by atoms with van der Waals surface area (Å²) >= 11 is 9.42. The fourth-order valence-corrected chi connectivity index (χ4v) is 2.45. The smallest absolute Gasteiger partial charge is 0.0417 e. The van der Waals surface area contributed by atoms with Crippen LogP contribution in [0.25, 0.3) is 0 Å². The van der Waals surface area contributed by atoms with Gasteiger partial charge < -0.3 is 5.32 Å². The van der Waals surface area contributed by atoms with E-state index in [9.17, 15) is 0 Å². The third kappa shape index (κ3) is 3.24. The van der Waals surface area contributed by atoms with Crippen LogP contribution in [0.3, 0.4) is 0 Å². The van der Waals surface area contributed by atoms with Gasteiger partial charge in [0.2, 0.25) is 0 Å². The molecule has 0 fully saturated rings. The Kier molecular flexibility index (Phi) is 4.08. The van der Waals surface area contributed by atoms with Gasteiger partial charge >= 0.3 is 0 Å². The van der Waals surface area contributed by atoms with Gasteiger partial charge in [-0.2, -0.15) is 0 Å². The van der Waals surface area contributed by atoms with Crippen LogP contribution in [0.1, 0.15) is 11.1 Å². The Labute approximate surface area is 115 Å². The maximum Gasteiger partial charge on any atom is 0.0417 e. The van der Waals surface area contributed by atoms with Gasteiger partial charge in [0.1, 0.15) is 0 Å². The second-order valence-corrected chi connectivity index (χ2v) is 5.19. The molecule has 0 atom stereocenters. The van der Waals surface area contributed by atoms with Crippen LogP contribution in [0.4, 0.5) is 5.69 Å². The maximum atomic E-state index is 5.91. The van der Waals surface area contributed by atoms with E-state index in [1.807, 2.05) is 30.3 Å². The van der Waals surface area contributed by atoms with Gasteiger partial charge in [-0.3, -0.25) is 0 Å². The molecule has 0 amide bonds. The summed E-state index contributed by atoms with van der Waals surface area (Å²) in [6.45, 7) is 2.88. The summed E-state index contributed by atoms with van der Waals surface area (Å²) in [6, 6.07) is 14.1. The van der Waals surface area contributed by atoms with Gasteiger partial charge in [0.15, 0.2) is 0 Å². The molecule has 2 rings (SSSR count). The summed E-state index contributed by atoms with van der Waals surface area (Å²) in [4.78, 5) is 0. The number of aryl methyl sites for hydroxylation is 1. The Hall–Kier alpha value is -0.990. The summed E-state index contributed by atoms with van der Waals surface area (Å²) in [5, 5.41) is 4.16. The van der Waals surface area contributed by atoms with Crippen LogP contribution in [0, 0.1) is 6.92 Å². The van der Waals surface area contributed by atoms with Crippen molar-refractivity contribution in [1.82, 2.24) is 0 Å². The normalized spacial score (nSPS) is 10.3. The van der Waals surface area contributed by atoms with E-state index in [0.717, 1.165) is 21.7 Å². The SMILES string of the molecule is Cc1ccccc1NCc1ccc(Cl)cc1Br. The lowest BCUT2D eigenvalue weighted by molar-refractivity contribution is 1.13. The van der Waals surface area contributed by atoms with E-state index in [-0.39, 0.29) is 0 Å². The number of hydrogen-bond acceptors (Lipinski definition) is 1. The van der Waals surface area contributed by atoms with E-state index in [1.165, 1.54) is 11.1 Å². The molecular formula is C14H13BrClN. The maximum absolute atomic E-state index is 5.91. The average Bonchev–Trinajstić information content (AvgIpc) is 2.30. The molecule has 0 heterocycles. The fourth-order valence-electron chi connectivity index (χ4n) is 1.63. The first-order valence-electron chi connectivity index (χ1n) is 5.40. The van der Waals surface area contributed by atoms with E-state index < -0.39 is 0 Å². The van der Waals surface area contributed by atoms with Gasteiger partial charge in [-0.1, -0.05) is 51.8 Å². The van der Waals surface area contributed by atoms with Crippen molar-refractivity contribution in [2.24, 2.45) is 0 Å². The first-order valence-corrected chi connectivity index (χ1v) is 6.57. The van der Waals surface area contributed by atoms with Crippen LogP contribution in [-0.2, 0) is 6.54 Å². The number of para-hydroxylation sites is 1. The Morgan fingerprint density at radius 1 is 1.18 bits per heavy atom. The van der Waals surface area contributed by atoms with Crippen molar-refractivity contribution in [1.29, 1.82) is 0 Å². The molecule has 88 valence electrons. The number of anilines is 1. The van der Waals surface area contributed by atoms with E-state index in [1.54, 1.807) is 0 Å². The third-order valence-corrected chi connectivity index (χ3v) is 3.60. The number of hydrogen-bond donors (Lipinski definition) is 1. The van der Waals surface area contributed by atoms with Gasteiger partial charge in [-0.15, -0.1) is 0 Å². The van der Waals surface area contributed by atoms with E-state index in [0.29, 0.717) is 0 Å². The molecule has 1 nitrogen and oxygen atoms in total. The highest BCUT2D eigenvalue weighted by Gasteiger charge is 2.01. The van der Waals surface area contributed by atoms with Crippen molar-refractivity contribution < 1.29 is 0 Å². The predicted octanol–water partition coefficient (Wildman–Crippen LogP) is 5.02. The van der Waals surface area contributed by atoms with Crippen LogP contribution in [0.15, 0.2) is 46.9 Å². The zero-order valence-corrected chi connectivity index (χ0v) is 11.8. The molecule has 0 saturated heterocycles. The summed E-state index contributed by atoms with van der Waals surface area (Å²) < 4.78 is 1.03. The Morgan fingerprint density at radius 3 is 2.65 bits per heavy atom. The first kappa shape index (κ1) is 12.5. The zero-order chi connectivity index (χ0) is 12.3. The van der Waals surface area contributed by atoms with Crippen molar-refractivity contribution in [3.05, 3.63) is 63.1 Å². The van der Waals surface area contributed by atoms with Crippen LogP contribution < -0.4 is 5.32 Å². The number of benzene rings is 2. The molecule has 0 aliphatic carbocycles. The highest BCUT2D eigenvalue weighted by atomic mass is 79.9. The molecule has 2 aromatic carbocycles. The number of rotatable bonds is 3. The Morgan fingerprint density at radius 2 is 1.94 bits per heavy atom. The van der Waals surface area contributed by atoms with Gasteiger partial charge in [-0.05, 0) is 36.2 Å². The molecule has 2 aromatic rings. The van der Waals surface area contributed by atoms with Crippen LogP contribution >= 0.6 is 27.5 Å². The topological polar surface area (TPSA) is 12.0 Å². The minimum Gasteiger partial charge on any atom is -0.381 e. The quantitative estimate of drug-likeness (QED) is 0.839. The van der Waals surface area contributed by atoms with Crippen molar-refractivity contribution >= 4 is 33.2 Å². The molecule has 0 radical (unpaired) electrons. The second kappa shape index (κ2) is 5.56. The Bertz CT molecular complexity index is 525. The standard InChI is InChI=1S/C14H13BrClN/c1-10-4-2-3-5-14(10)17-9-11-6-7-12(16)8-13(11)15/h2-8,17H,9H2,1H3. The lowest BCUT2D eigenvalue weighted by Crippen LogP contribution is -2.01. The highest BCUT2D eigenvalue weighted by molar-refractivity contribution is 9.10. The fraction of sp³-hybridized carbons (Fsp3) is 0.143. The largest absolute Gasteiger partial charge is 0.381 e. The third-order valence-electron chi connectivity index (χ3n) is 2.63. The molecule has 0 aliphatic heterocycles. The molecule has 0 aliphatic rings. The minimum absolute atomic E-state index is 0.747. The van der Waals surface area contributed by atoms with Crippen molar-refractivity contribution in [3.63, 3.8) is 0 Å². The molecule has 0 bridgehead atoms. The molecule has 0 saturated carbocycles. The predicted molar refractivity (Wildman–Crippen MR) is 77.7 cm³/mol. The lowest BCUT2D eigenvalue weighted by atomic mass is 10.2. The Balaban J connectivity index is 2.10. The van der Waals surface area contributed by atoms with Gasteiger partial charge in [0.25, 0.3) is 0 Å². The number of halogens is 2.